The number of rotatable bonds is 5. The SMILES string of the molecule is CN/C=C(\C)c1ccc(Cc2cc3c(cc2C)CN([C@H]2CCC[C@@H]2O)C3=O)cn1. The Labute approximate surface area is 172 Å². The van der Waals surface area contributed by atoms with Crippen LogP contribution in [0.25, 0.3) is 5.57 Å². The molecule has 152 valence electrons. The van der Waals surface area contributed by atoms with E-state index in [-0.39, 0.29) is 18.1 Å². The molecule has 1 aliphatic carbocycles. The highest BCUT2D eigenvalue weighted by Gasteiger charge is 2.38. The van der Waals surface area contributed by atoms with E-state index in [2.05, 4.69) is 29.4 Å². The number of pyridine rings is 1. The van der Waals surface area contributed by atoms with Gasteiger partial charge in [-0.25, -0.2) is 0 Å². The number of carbonyl (C=O) groups is 1. The monoisotopic (exact) mass is 391 g/mol. The van der Waals surface area contributed by atoms with Crippen LogP contribution in [0.2, 0.25) is 0 Å². The van der Waals surface area contributed by atoms with Gasteiger partial charge in [0.1, 0.15) is 0 Å². The molecule has 5 nitrogen and oxygen atoms in total. The summed E-state index contributed by atoms with van der Waals surface area (Å²) >= 11 is 0. The van der Waals surface area contributed by atoms with Crippen LogP contribution in [-0.2, 0) is 13.0 Å². The first-order valence-electron chi connectivity index (χ1n) is 10.4. The molecule has 2 N–H and O–H groups in total. The highest BCUT2D eigenvalue weighted by atomic mass is 16.3. The van der Waals surface area contributed by atoms with Crippen molar-refractivity contribution in [3.05, 3.63) is 70.2 Å². The molecule has 1 aromatic heterocycles. The van der Waals surface area contributed by atoms with E-state index < -0.39 is 0 Å². The van der Waals surface area contributed by atoms with E-state index in [1.54, 1.807) is 0 Å². The fourth-order valence-electron chi connectivity index (χ4n) is 4.57. The Morgan fingerprint density at radius 2 is 2.17 bits per heavy atom. The standard InChI is InChI=1S/C24H29N3O2/c1-15-9-19-14-27(22-5-4-6-23(22)28)24(29)20(19)11-18(15)10-17-7-8-21(26-13-17)16(2)12-25-3/h7-9,11-13,22-23,25,28H,4-6,10,14H2,1-3H3/b16-12+/t22-,23-/m0/s1. The fraction of sp³-hybridized carbons (Fsp3) is 0.417. The number of hydrogen-bond acceptors (Lipinski definition) is 4. The maximum atomic E-state index is 13.0. The first-order valence-corrected chi connectivity index (χ1v) is 10.4. The lowest BCUT2D eigenvalue weighted by molar-refractivity contribution is 0.0479. The minimum absolute atomic E-state index is 0.0377. The average Bonchev–Trinajstić information content (AvgIpc) is 3.26. The van der Waals surface area contributed by atoms with Gasteiger partial charge in [-0.15, -0.1) is 0 Å². The fourth-order valence-corrected chi connectivity index (χ4v) is 4.57. The number of aliphatic hydroxyl groups is 1. The van der Waals surface area contributed by atoms with Gasteiger partial charge in [0, 0.05) is 31.6 Å². The van der Waals surface area contributed by atoms with E-state index in [9.17, 15) is 9.90 Å². The van der Waals surface area contributed by atoms with Gasteiger partial charge in [-0.1, -0.05) is 12.1 Å². The number of nitrogens with zero attached hydrogens (tertiary/aromatic N) is 2. The largest absolute Gasteiger partial charge is 0.394 e. The lowest BCUT2D eigenvalue weighted by atomic mass is 9.96. The van der Waals surface area contributed by atoms with Gasteiger partial charge >= 0.3 is 0 Å². The number of hydrogen-bond donors (Lipinski definition) is 2. The van der Waals surface area contributed by atoms with Crippen molar-refractivity contribution in [3.8, 4) is 0 Å². The van der Waals surface area contributed by atoms with Crippen LogP contribution in [0, 0.1) is 6.92 Å². The summed E-state index contributed by atoms with van der Waals surface area (Å²) < 4.78 is 0. The van der Waals surface area contributed by atoms with Crippen molar-refractivity contribution in [1.29, 1.82) is 0 Å². The summed E-state index contributed by atoms with van der Waals surface area (Å²) in [5.41, 5.74) is 7.40. The molecule has 1 aromatic carbocycles. The Kier molecular flexibility index (Phi) is 5.41. The van der Waals surface area contributed by atoms with Gasteiger partial charge in [0.05, 0.1) is 17.8 Å². The second kappa shape index (κ2) is 7.99. The Hall–Kier alpha value is -2.66. The normalized spacial score (nSPS) is 21.6. The number of aliphatic hydroxyl groups excluding tert-OH is 1. The molecule has 2 heterocycles. The molecule has 1 saturated carbocycles. The van der Waals surface area contributed by atoms with Gasteiger partial charge in [-0.2, -0.15) is 0 Å². The van der Waals surface area contributed by atoms with Crippen LogP contribution in [0.4, 0.5) is 0 Å². The molecule has 2 aliphatic rings. The average molecular weight is 392 g/mol. The lowest BCUT2D eigenvalue weighted by Crippen LogP contribution is -2.40. The summed E-state index contributed by atoms with van der Waals surface area (Å²) in [5.74, 6) is 0.0634. The molecule has 0 unspecified atom stereocenters. The van der Waals surface area contributed by atoms with Crippen molar-refractivity contribution >= 4 is 11.5 Å². The topological polar surface area (TPSA) is 65.5 Å². The zero-order valence-corrected chi connectivity index (χ0v) is 17.4. The van der Waals surface area contributed by atoms with E-state index in [1.807, 2.05) is 43.4 Å². The van der Waals surface area contributed by atoms with Crippen LogP contribution in [0.3, 0.4) is 0 Å². The zero-order chi connectivity index (χ0) is 20.5. The summed E-state index contributed by atoms with van der Waals surface area (Å²) in [6, 6.07) is 8.30. The molecule has 0 spiro atoms. The van der Waals surface area contributed by atoms with Crippen LogP contribution < -0.4 is 5.32 Å². The number of amides is 1. The molecular weight excluding hydrogens is 362 g/mol. The maximum Gasteiger partial charge on any atom is 0.254 e. The van der Waals surface area contributed by atoms with Crippen LogP contribution >= 0.6 is 0 Å². The number of aromatic nitrogens is 1. The number of benzene rings is 1. The minimum Gasteiger partial charge on any atom is -0.394 e. The van der Waals surface area contributed by atoms with Crippen molar-refractivity contribution in [3.63, 3.8) is 0 Å². The van der Waals surface area contributed by atoms with E-state index >= 15 is 0 Å². The van der Waals surface area contributed by atoms with Crippen molar-refractivity contribution in [2.75, 3.05) is 7.05 Å². The maximum absolute atomic E-state index is 13.0. The number of nitrogens with one attached hydrogen (secondary N) is 1. The molecule has 2 aromatic rings. The Morgan fingerprint density at radius 1 is 1.34 bits per heavy atom. The summed E-state index contributed by atoms with van der Waals surface area (Å²) in [6.07, 6.45) is 6.89. The predicted octanol–water partition coefficient (Wildman–Crippen LogP) is 3.43. The Balaban J connectivity index is 1.55. The summed E-state index contributed by atoms with van der Waals surface area (Å²) in [5, 5.41) is 13.3. The third-order valence-electron chi connectivity index (χ3n) is 6.22. The molecule has 1 fully saturated rings. The highest BCUT2D eigenvalue weighted by Crippen LogP contribution is 2.33. The second-order valence-corrected chi connectivity index (χ2v) is 8.28. The van der Waals surface area contributed by atoms with Crippen LogP contribution in [0.1, 0.15) is 64.5 Å². The van der Waals surface area contributed by atoms with Gasteiger partial charge in [0.15, 0.2) is 0 Å². The first kappa shape index (κ1) is 19.6. The van der Waals surface area contributed by atoms with Crippen LogP contribution in [0.5, 0.6) is 0 Å². The van der Waals surface area contributed by atoms with Gasteiger partial charge in [-0.3, -0.25) is 9.78 Å². The Morgan fingerprint density at radius 3 is 2.83 bits per heavy atom. The zero-order valence-electron chi connectivity index (χ0n) is 17.4. The molecule has 4 rings (SSSR count). The van der Waals surface area contributed by atoms with Crippen molar-refractivity contribution in [1.82, 2.24) is 15.2 Å². The van der Waals surface area contributed by atoms with E-state index in [4.69, 9.17) is 0 Å². The third kappa shape index (κ3) is 3.79. The quantitative estimate of drug-likeness (QED) is 0.820. The number of carbonyl (C=O) groups excluding carboxylic acids is 1. The predicted molar refractivity (Wildman–Crippen MR) is 114 cm³/mol. The van der Waals surface area contributed by atoms with Crippen molar-refractivity contribution in [2.45, 2.75) is 58.2 Å². The Bertz CT molecular complexity index is 949. The molecule has 2 atom stereocenters. The number of allylic oxidation sites excluding steroid dienone is 1. The van der Waals surface area contributed by atoms with Gasteiger partial charge < -0.3 is 15.3 Å². The molecular formula is C24H29N3O2. The summed E-state index contributed by atoms with van der Waals surface area (Å²) in [4.78, 5) is 19.5. The summed E-state index contributed by atoms with van der Waals surface area (Å²) in [6.45, 7) is 4.75. The molecule has 0 bridgehead atoms. The van der Waals surface area contributed by atoms with Gasteiger partial charge in [-0.05, 0) is 79.5 Å². The second-order valence-electron chi connectivity index (χ2n) is 8.28. The molecule has 0 radical (unpaired) electrons. The molecule has 29 heavy (non-hydrogen) atoms. The van der Waals surface area contributed by atoms with E-state index in [1.165, 1.54) is 5.56 Å². The first-order chi connectivity index (χ1) is 14.0. The van der Waals surface area contributed by atoms with Gasteiger partial charge in [0.25, 0.3) is 5.91 Å². The van der Waals surface area contributed by atoms with Crippen LogP contribution in [-0.4, -0.2) is 40.1 Å². The third-order valence-corrected chi connectivity index (χ3v) is 6.22. The highest BCUT2D eigenvalue weighted by molar-refractivity contribution is 5.99. The van der Waals surface area contributed by atoms with Gasteiger partial charge in [0.2, 0.25) is 0 Å². The number of aryl methyl sites for hydroxylation is 1. The number of fused-ring (bicyclic) bond motifs is 1. The van der Waals surface area contributed by atoms with Crippen molar-refractivity contribution < 1.29 is 9.90 Å². The smallest absolute Gasteiger partial charge is 0.254 e. The van der Waals surface area contributed by atoms with E-state index in [0.29, 0.717) is 6.54 Å². The molecule has 0 saturated heterocycles. The lowest BCUT2D eigenvalue weighted by Gasteiger charge is -2.26. The molecule has 1 aliphatic heterocycles. The molecule has 5 heteroatoms. The van der Waals surface area contributed by atoms with Crippen molar-refractivity contribution in [2.24, 2.45) is 0 Å². The van der Waals surface area contributed by atoms with E-state index in [0.717, 1.165) is 59.2 Å². The molecule has 1 amide bonds. The minimum atomic E-state index is -0.390. The van der Waals surface area contributed by atoms with Crippen LogP contribution in [0.15, 0.2) is 36.7 Å². The summed E-state index contributed by atoms with van der Waals surface area (Å²) in [7, 11) is 1.88.